The molecule has 4 rings (SSSR count). The van der Waals surface area contributed by atoms with Crippen molar-refractivity contribution in [2.24, 2.45) is 5.92 Å². The van der Waals surface area contributed by atoms with Gasteiger partial charge in [-0.1, -0.05) is 30.1 Å². The largest absolute Gasteiger partial charge is 0.508 e. The Morgan fingerprint density at radius 2 is 1.82 bits per heavy atom. The molecule has 0 fully saturated rings. The quantitative estimate of drug-likeness (QED) is 0.279. The van der Waals surface area contributed by atoms with Crippen LogP contribution in [0.4, 0.5) is 0 Å². The van der Waals surface area contributed by atoms with Gasteiger partial charge in [-0.05, 0) is 42.2 Å². The van der Waals surface area contributed by atoms with E-state index < -0.39 is 34.4 Å². The second-order valence-corrected chi connectivity index (χ2v) is 8.74. The molecule has 2 aromatic carbocycles. The molecule has 0 radical (unpaired) electrons. The van der Waals surface area contributed by atoms with Crippen molar-refractivity contribution in [3.63, 3.8) is 0 Å². The highest BCUT2D eigenvalue weighted by atomic mass is 35.5. The van der Waals surface area contributed by atoms with E-state index in [4.69, 9.17) is 32.4 Å². The van der Waals surface area contributed by atoms with E-state index in [9.17, 15) is 30.0 Å². The first-order chi connectivity index (χ1) is 16.0. The Morgan fingerprint density at radius 3 is 2.50 bits per heavy atom. The lowest BCUT2D eigenvalue weighted by Gasteiger charge is -2.20. The first kappa shape index (κ1) is 23.5. The van der Waals surface area contributed by atoms with Crippen LogP contribution < -0.4 is 10.2 Å². The zero-order valence-electron chi connectivity index (χ0n) is 17.6. The highest BCUT2D eigenvalue weighted by Crippen LogP contribution is 2.39. The van der Waals surface area contributed by atoms with Crippen LogP contribution in [0.25, 0.3) is 22.3 Å². The summed E-state index contributed by atoms with van der Waals surface area (Å²) >= 11 is 12.3. The van der Waals surface area contributed by atoms with Crippen LogP contribution in [-0.4, -0.2) is 26.4 Å². The summed E-state index contributed by atoms with van der Waals surface area (Å²) in [6.45, 7) is 1.85. The van der Waals surface area contributed by atoms with Gasteiger partial charge in [0, 0.05) is 27.8 Å². The molecule has 0 saturated carbocycles. The summed E-state index contributed by atoms with van der Waals surface area (Å²) in [6.07, 6.45) is 1.80. The molecule has 34 heavy (non-hydrogen) atoms. The van der Waals surface area contributed by atoms with E-state index >= 15 is 0 Å². The molecule has 1 aromatic heterocycles. The van der Waals surface area contributed by atoms with Crippen LogP contribution in [0.5, 0.6) is 28.7 Å². The minimum Gasteiger partial charge on any atom is -0.508 e. The predicted molar refractivity (Wildman–Crippen MR) is 125 cm³/mol. The molecule has 8 nitrogen and oxygen atoms in total. The van der Waals surface area contributed by atoms with Crippen molar-refractivity contribution in [3.05, 3.63) is 62.3 Å². The number of phenols is 4. The summed E-state index contributed by atoms with van der Waals surface area (Å²) in [5, 5.41) is 40.1. The Balaban J connectivity index is 1.84. The number of allylic oxidation sites excluding steroid dienone is 3. The zero-order chi connectivity index (χ0) is 24.7. The van der Waals surface area contributed by atoms with Gasteiger partial charge in [0.15, 0.2) is 17.3 Å². The van der Waals surface area contributed by atoms with Crippen molar-refractivity contribution in [2.45, 2.75) is 19.8 Å². The molecule has 0 amide bonds. The SMILES string of the molecule is CC1CC(Cl)=CC(Cl)=C1CC(=O)Oc1c(-c2ccc(O)c(O)c2)oc2cc(O)cc(O)c2c1=O. The van der Waals surface area contributed by atoms with Crippen molar-refractivity contribution >= 4 is 40.1 Å². The maximum absolute atomic E-state index is 13.3. The molecule has 1 heterocycles. The number of carbonyl (C=O) groups excluding carboxylic acids is 1. The average Bonchev–Trinajstić information content (AvgIpc) is 2.74. The fourth-order valence-corrected chi connectivity index (χ4v) is 4.50. The van der Waals surface area contributed by atoms with Gasteiger partial charge in [0.25, 0.3) is 0 Å². The summed E-state index contributed by atoms with van der Waals surface area (Å²) in [5.41, 5.74) is -0.388. The van der Waals surface area contributed by atoms with Crippen molar-refractivity contribution < 1.29 is 34.4 Å². The highest BCUT2D eigenvalue weighted by Gasteiger charge is 2.26. The molecule has 0 aliphatic heterocycles. The molecular weight excluding hydrogens is 487 g/mol. The summed E-state index contributed by atoms with van der Waals surface area (Å²) in [6, 6.07) is 5.64. The summed E-state index contributed by atoms with van der Waals surface area (Å²) < 4.78 is 11.1. The molecular formula is C24H18Cl2O8. The number of phenolic OH excluding ortho intramolecular Hbond substituents is 4. The van der Waals surface area contributed by atoms with E-state index in [-0.39, 0.29) is 40.4 Å². The molecule has 1 atom stereocenters. The number of fused-ring (bicyclic) bond motifs is 1. The molecule has 10 heteroatoms. The summed E-state index contributed by atoms with van der Waals surface area (Å²) in [4.78, 5) is 26.1. The van der Waals surface area contributed by atoms with Crippen LogP contribution in [0.2, 0.25) is 0 Å². The highest BCUT2D eigenvalue weighted by molar-refractivity contribution is 6.35. The number of esters is 1. The van der Waals surface area contributed by atoms with E-state index in [1.54, 1.807) is 6.08 Å². The molecule has 4 N–H and O–H groups in total. The number of rotatable bonds is 4. The predicted octanol–water partition coefficient (Wildman–Crippen LogP) is 5.23. The monoisotopic (exact) mass is 504 g/mol. The maximum Gasteiger partial charge on any atom is 0.315 e. The Hall–Kier alpha value is -3.62. The van der Waals surface area contributed by atoms with Gasteiger partial charge in [-0.15, -0.1) is 0 Å². The van der Waals surface area contributed by atoms with E-state index in [1.807, 2.05) is 6.92 Å². The summed E-state index contributed by atoms with van der Waals surface area (Å²) in [7, 11) is 0. The first-order valence-electron chi connectivity index (χ1n) is 10.1. The second-order valence-electron chi connectivity index (χ2n) is 7.85. The Kier molecular flexibility index (Phi) is 6.20. The fraction of sp³-hybridized carbons (Fsp3) is 0.167. The molecule has 0 saturated heterocycles. The minimum atomic E-state index is -0.880. The Morgan fingerprint density at radius 1 is 1.09 bits per heavy atom. The molecule has 176 valence electrons. The van der Waals surface area contributed by atoms with Crippen LogP contribution in [0.1, 0.15) is 19.8 Å². The maximum atomic E-state index is 13.3. The average molecular weight is 505 g/mol. The van der Waals surface area contributed by atoms with Gasteiger partial charge in [-0.3, -0.25) is 9.59 Å². The van der Waals surface area contributed by atoms with Crippen molar-refractivity contribution in [1.29, 1.82) is 0 Å². The van der Waals surface area contributed by atoms with Crippen LogP contribution in [0.15, 0.2) is 61.3 Å². The number of ether oxygens (including phenoxy) is 1. The van der Waals surface area contributed by atoms with Crippen LogP contribution in [0, 0.1) is 5.92 Å². The third-order valence-electron chi connectivity index (χ3n) is 5.39. The smallest absolute Gasteiger partial charge is 0.315 e. The lowest BCUT2D eigenvalue weighted by Crippen LogP contribution is -2.19. The number of carbonyl (C=O) groups is 1. The van der Waals surface area contributed by atoms with Crippen LogP contribution in [-0.2, 0) is 4.79 Å². The Bertz CT molecular complexity index is 1450. The van der Waals surface area contributed by atoms with Crippen molar-refractivity contribution in [1.82, 2.24) is 0 Å². The number of benzene rings is 2. The zero-order valence-corrected chi connectivity index (χ0v) is 19.1. The van der Waals surface area contributed by atoms with Gasteiger partial charge >= 0.3 is 5.97 Å². The van der Waals surface area contributed by atoms with Gasteiger partial charge in [-0.2, -0.15) is 0 Å². The van der Waals surface area contributed by atoms with Gasteiger partial charge < -0.3 is 29.6 Å². The van der Waals surface area contributed by atoms with Crippen molar-refractivity contribution in [2.75, 3.05) is 0 Å². The van der Waals surface area contributed by atoms with Crippen LogP contribution >= 0.6 is 23.2 Å². The first-order valence-corrected chi connectivity index (χ1v) is 10.8. The van der Waals surface area contributed by atoms with E-state index in [1.165, 1.54) is 6.07 Å². The lowest BCUT2D eigenvalue weighted by molar-refractivity contribution is -0.133. The van der Waals surface area contributed by atoms with Gasteiger partial charge in [0.1, 0.15) is 22.5 Å². The molecule has 1 unspecified atom stereocenters. The number of aromatic hydroxyl groups is 4. The number of hydrogen-bond acceptors (Lipinski definition) is 8. The van der Waals surface area contributed by atoms with E-state index in [0.29, 0.717) is 22.1 Å². The molecule has 1 aliphatic rings. The lowest BCUT2D eigenvalue weighted by atomic mass is 9.91. The molecule has 1 aliphatic carbocycles. The topological polar surface area (TPSA) is 137 Å². The standard InChI is InChI=1S/C24H18Cl2O8/c1-10-4-12(25)6-15(26)14(10)9-20(31)34-24-22(32)21-18(30)7-13(27)8-19(21)33-23(24)11-2-3-16(28)17(29)5-11/h2-3,5-8,10,27-30H,4,9H2,1H3. The normalized spacial score (nSPS) is 16.0. The van der Waals surface area contributed by atoms with E-state index in [2.05, 4.69) is 0 Å². The van der Waals surface area contributed by atoms with Gasteiger partial charge in [-0.25, -0.2) is 0 Å². The van der Waals surface area contributed by atoms with Gasteiger partial charge in [0.2, 0.25) is 11.2 Å². The summed E-state index contributed by atoms with van der Waals surface area (Å²) in [5.74, 6) is -3.62. The van der Waals surface area contributed by atoms with Crippen LogP contribution in [0.3, 0.4) is 0 Å². The second kappa shape index (κ2) is 8.96. The molecule has 0 spiro atoms. The molecule has 0 bridgehead atoms. The fourth-order valence-electron chi connectivity index (χ4n) is 3.72. The van der Waals surface area contributed by atoms with Crippen molar-refractivity contribution in [3.8, 4) is 40.1 Å². The third kappa shape index (κ3) is 4.42. The van der Waals surface area contributed by atoms with Gasteiger partial charge in [0.05, 0.1) is 6.42 Å². The minimum absolute atomic E-state index is 0.0953. The number of halogens is 2. The van der Waals surface area contributed by atoms with E-state index in [0.717, 1.165) is 24.3 Å². The Labute approximate surface area is 202 Å². The number of hydrogen-bond donors (Lipinski definition) is 4. The third-order valence-corrected chi connectivity index (χ3v) is 6.01. The molecule has 3 aromatic rings.